The number of ether oxygens (including phenoxy) is 1. The fourth-order valence-electron chi connectivity index (χ4n) is 6.26. The highest BCUT2D eigenvalue weighted by Crippen LogP contribution is 2.32. The SMILES string of the molecule is CCC(=O)N[C@@H](C(=O)N1CCN(C)CC1)C(OC)c1ccc(NC(=O)[C@@H](NC(=O)c2ccnn2CC)[C@H]2CC[C@H](C)CC2)c(F)c1. The van der Waals surface area contributed by atoms with Crippen LogP contribution in [0.15, 0.2) is 30.5 Å². The van der Waals surface area contributed by atoms with Crippen LogP contribution in [-0.2, 0) is 25.7 Å². The molecule has 1 saturated carbocycles. The van der Waals surface area contributed by atoms with Crippen molar-refractivity contribution >= 4 is 29.3 Å². The number of likely N-dealkylation sites (N-methyl/N-ethyl adjacent to an activating group) is 1. The zero-order chi connectivity index (χ0) is 33.4. The fraction of sp³-hybridized carbons (Fsp3) is 0.606. The summed E-state index contributed by atoms with van der Waals surface area (Å²) in [6, 6.07) is 3.87. The number of rotatable bonds is 12. The van der Waals surface area contributed by atoms with Gasteiger partial charge in [-0.15, -0.1) is 0 Å². The first-order valence-corrected chi connectivity index (χ1v) is 16.3. The van der Waals surface area contributed by atoms with Gasteiger partial charge in [0.15, 0.2) is 0 Å². The Hall–Kier alpha value is -3.84. The maximum Gasteiger partial charge on any atom is 0.270 e. The standard InChI is InChI=1S/C33H48FN7O5/c1-6-27(42)37-29(33(45)40-18-16-39(4)17-19-40)30(46-5)23-12-13-25(24(34)20-23)36-32(44)28(22-10-8-21(3)9-11-22)38-31(43)26-14-15-35-41(26)7-2/h12-15,20-22,28-30H,6-11,16-19H2,1-5H3,(H,36,44)(H,37,42)(H,38,43)/t21-,22-,28-,29+,30?/m0/s1. The van der Waals surface area contributed by atoms with Gasteiger partial charge in [-0.05, 0) is 62.4 Å². The highest BCUT2D eigenvalue weighted by molar-refractivity contribution is 6.00. The van der Waals surface area contributed by atoms with E-state index in [0.717, 1.165) is 25.7 Å². The number of piperazine rings is 1. The van der Waals surface area contributed by atoms with Crippen LogP contribution in [0.2, 0.25) is 0 Å². The number of hydrogen-bond acceptors (Lipinski definition) is 7. The number of benzene rings is 1. The van der Waals surface area contributed by atoms with Crippen LogP contribution in [0.3, 0.4) is 0 Å². The highest BCUT2D eigenvalue weighted by atomic mass is 19.1. The summed E-state index contributed by atoms with van der Waals surface area (Å²) in [5.41, 5.74) is 0.618. The normalized spacial score (nSPS) is 20.8. The van der Waals surface area contributed by atoms with Crippen molar-refractivity contribution in [2.45, 2.75) is 77.6 Å². The van der Waals surface area contributed by atoms with Crippen LogP contribution < -0.4 is 16.0 Å². The molecule has 1 aromatic heterocycles. The van der Waals surface area contributed by atoms with Crippen LogP contribution in [0.5, 0.6) is 0 Å². The molecule has 4 rings (SSSR count). The molecule has 46 heavy (non-hydrogen) atoms. The molecular weight excluding hydrogens is 593 g/mol. The van der Waals surface area contributed by atoms with Crippen molar-refractivity contribution in [1.82, 2.24) is 30.2 Å². The second kappa shape index (κ2) is 16.1. The summed E-state index contributed by atoms with van der Waals surface area (Å²) in [6.07, 6.45) is 4.12. The number of amides is 4. The summed E-state index contributed by atoms with van der Waals surface area (Å²) < 4.78 is 22.9. The van der Waals surface area contributed by atoms with E-state index in [-0.39, 0.29) is 29.8 Å². The Morgan fingerprint density at radius 1 is 1.02 bits per heavy atom. The summed E-state index contributed by atoms with van der Waals surface area (Å²) in [4.78, 5) is 56.8. The molecule has 0 bridgehead atoms. The van der Waals surface area contributed by atoms with Crippen LogP contribution >= 0.6 is 0 Å². The van der Waals surface area contributed by atoms with E-state index < -0.39 is 35.8 Å². The van der Waals surface area contributed by atoms with E-state index in [1.807, 2.05) is 14.0 Å². The van der Waals surface area contributed by atoms with Gasteiger partial charge in [0.05, 0.1) is 5.69 Å². The van der Waals surface area contributed by atoms with Gasteiger partial charge in [-0.2, -0.15) is 5.10 Å². The van der Waals surface area contributed by atoms with Crippen LogP contribution in [0.1, 0.15) is 75.0 Å². The highest BCUT2D eigenvalue weighted by Gasteiger charge is 2.37. The van der Waals surface area contributed by atoms with Gasteiger partial charge in [-0.3, -0.25) is 23.9 Å². The number of nitrogens with one attached hydrogen (secondary N) is 3. The molecule has 1 saturated heterocycles. The van der Waals surface area contributed by atoms with E-state index in [2.05, 4.69) is 32.9 Å². The summed E-state index contributed by atoms with van der Waals surface area (Å²) in [6.45, 7) is 8.63. The molecule has 1 aliphatic carbocycles. The van der Waals surface area contributed by atoms with Gasteiger partial charge in [0, 0.05) is 52.5 Å². The Morgan fingerprint density at radius 3 is 2.33 bits per heavy atom. The Labute approximate surface area is 270 Å². The molecule has 252 valence electrons. The summed E-state index contributed by atoms with van der Waals surface area (Å²) in [7, 11) is 3.39. The molecule has 4 amide bonds. The van der Waals surface area contributed by atoms with E-state index in [9.17, 15) is 19.2 Å². The lowest BCUT2D eigenvalue weighted by Gasteiger charge is -2.36. The molecule has 1 aliphatic heterocycles. The smallest absolute Gasteiger partial charge is 0.270 e. The lowest BCUT2D eigenvalue weighted by atomic mass is 9.79. The molecule has 1 aromatic carbocycles. The zero-order valence-corrected chi connectivity index (χ0v) is 27.6. The molecule has 2 fully saturated rings. The molecule has 0 spiro atoms. The van der Waals surface area contributed by atoms with Crippen molar-refractivity contribution in [3.8, 4) is 0 Å². The average molecular weight is 642 g/mol. The third-order valence-electron chi connectivity index (χ3n) is 9.20. The van der Waals surface area contributed by atoms with Crippen molar-refractivity contribution in [1.29, 1.82) is 0 Å². The molecular formula is C33H48FN7O5. The Kier molecular flexibility index (Phi) is 12.3. The second-order valence-corrected chi connectivity index (χ2v) is 12.4. The van der Waals surface area contributed by atoms with Crippen LogP contribution in [0.4, 0.5) is 10.1 Å². The molecule has 0 radical (unpaired) electrons. The van der Waals surface area contributed by atoms with Gasteiger partial charge in [0.25, 0.3) is 5.91 Å². The number of carbonyl (C=O) groups is 4. The van der Waals surface area contributed by atoms with Crippen LogP contribution in [0.25, 0.3) is 0 Å². The number of aryl methyl sites for hydroxylation is 1. The van der Waals surface area contributed by atoms with Gasteiger partial charge in [-0.1, -0.05) is 32.8 Å². The third-order valence-corrected chi connectivity index (χ3v) is 9.20. The summed E-state index contributed by atoms with van der Waals surface area (Å²) in [5.74, 6) is -1.86. The quantitative estimate of drug-likeness (QED) is 0.324. The summed E-state index contributed by atoms with van der Waals surface area (Å²) >= 11 is 0. The van der Waals surface area contributed by atoms with E-state index in [1.165, 1.54) is 25.4 Å². The maximum absolute atomic E-state index is 15.7. The van der Waals surface area contributed by atoms with E-state index in [1.54, 1.807) is 28.6 Å². The number of anilines is 1. The van der Waals surface area contributed by atoms with Crippen molar-refractivity contribution in [3.63, 3.8) is 0 Å². The lowest BCUT2D eigenvalue weighted by Crippen LogP contribution is -2.56. The first kappa shape index (κ1) is 35.0. The van der Waals surface area contributed by atoms with E-state index >= 15 is 4.39 Å². The zero-order valence-electron chi connectivity index (χ0n) is 27.6. The van der Waals surface area contributed by atoms with Crippen molar-refractivity contribution in [2.75, 3.05) is 45.7 Å². The van der Waals surface area contributed by atoms with Gasteiger partial charge in [-0.25, -0.2) is 4.39 Å². The molecule has 3 atom stereocenters. The van der Waals surface area contributed by atoms with E-state index in [4.69, 9.17) is 4.74 Å². The Bertz CT molecular complexity index is 1370. The minimum Gasteiger partial charge on any atom is -0.374 e. The fourth-order valence-corrected chi connectivity index (χ4v) is 6.26. The molecule has 13 heteroatoms. The Morgan fingerprint density at radius 2 is 1.72 bits per heavy atom. The topological polar surface area (TPSA) is 138 Å². The second-order valence-electron chi connectivity index (χ2n) is 12.4. The van der Waals surface area contributed by atoms with Crippen molar-refractivity contribution in [2.24, 2.45) is 11.8 Å². The molecule has 3 N–H and O–H groups in total. The number of carbonyl (C=O) groups excluding carboxylic acids is 4. The first-order chi connectivity index (χ1) is 22.1. The third kappa shape index (κ3) is 8.49. The monoisotopic (exact) mass is 641 g/mol. The van der Waals surface area contributed by atoms with Crippen LogP contribution in [-0.4, -0.2) is 95.6 Å². The van der Waals surface area contributed by atoms with Crippen LogP contribution in [0, 0.1) is 17.7 Å². The molecule has 2 aliphatic rings. The van der Waals surface area contributed by atoms with Gasteiger partial charge in [0.1, 0.15) is 29.7 Å². The molecule has 1 unspecified atom stereocenters. The lowest BCUT2D eigenvalue weighted by molar-refractivity contribution is -0.142. The van der Waals surface area contributed by atoms with E-state index in [0.29, 0.717) is 49.9 Å². The minimum atomic E-state index is -1.06. The minimum absolute atomic E-state index is 0.0647. The first-order valence-electron chi connectivity index (χ1n) is 16.3. The van der Waals surface area contributed by atoms with Gasteiger partial charge >= 0.3 is 0 Å². The number of aromatic nitrogens is 2. The van der Waals surface area contributed by atoms with Crippen molar-refractivity contribution < 1.29 is 28.3 Å². The molecule has 2 aromatic rings. The number of hydrogen-bond donors (Lipinski definition) is 3. The number of methoxy groups -OCH3 is 1. The Balaban J connectivity index is 1.54. The van der Waals surface area contributed by atoms with Gasteiger partial charge in [0.2, 0.25) is 17.7 Å². The maximum atomic E-state index is 15.7. The number of halogens is 1. The number of nitrogens with zero attached hydrogens (tertiary/aromatic N) is 4. The predicted molar refractivity (Wildman–Crippen MR) is 171 cm³/mol. The molecule has 12 nitrogen and oxygen atoms in total. The largest absolute Gasteiger partial charge is 0.374 e. The average Bonchev–Trinajstić information content (AvgIpc) is 3.54. The summed E-state index contributed by atoms with van der Waals surface area (Å²) in [5, 5.41) is 12.5. The van der Waals surface area contributed by atoms with Crippen molar-refractivity contribution in [3.05, 3.63) is 47.5 Å². The predicted octanol–water partition coefficient (Wildman–Crippen LogP) is 2.96. The van der Waals surface area contributed by atoms with Gasteiger partial charge < -0.3 is 30.5 Å². The molecule has 2 heterocycles.